The lowest BCUT2D eigenvalue weighted by Crippen LogP contribution is -2.33. The molecule has 8 heteroatoms. The molecule has 0 saturated carbocycles. The van der Waals surface area contributed by atoms with Crippen LogP contribution in [0, 0.1) is 0 Å². The van der Waals surface area contributed by atoms with Crippen LogP contribution in [-0.2, 0) is 4.79 Å². The van der Waals surface area contributed by atoms with Crippen LogP contribution < -0.4 is 5.73 Å². The second-order valence-electron chi connectivity index (χ2n) is 4.51. The van der Waals surface area contributed by atoms with E-state index in [1.54, 1.807) is 0 Å². The van der Waals surface area contributed by atoms with E-state index in [0.29, 0.717) is 17.3 Å². The minimum atomic E-state index is -0.838. The molecule has 20 heavy (non-hydrogen) atoms. The minimum absolute atomic E-state index is 0.102. The van der Waals surface area contributed by atoms with Crippen molar-refractivity contribution >= 4 is 40.9 Å². The number of nitrogens with zero attached hydrogens (tertiary/aromatic N) is 4. The molecule has 2 aliphatic heterocycles. The number of carbonyl (C=O) groups is 1. The Labute approximate surface area is 121 Å². The molecule has 0 amide bonds. The van der Waals surface area contributed by atoms with Gasteiger partial charge >= 0.3 is 5.97 Å². The van der Waals surface area contributed by atoms with Crippen LogP contribution in [0.3, 0.4) is 0 Å². The van der Waals surface area contributed by atoms with E-state index in [1.165, 1.54) is 18.1 Å². The second-order valence-corrected chi connectivity index (χ2v) is 5.74. The lowest BCUT2D eigenvalue weighted by Gasteiger charge is -2.18. The molecule has 2 heterocycles. The molecule has 0 aromatic heterocycles. The van der Waals surface area contributed by atoms with Gasteiger partial charge in [-0.15, -0.1) is 0 Å². The number of nitrogens with two attached hydrogens (primary N) is 1. The number of rotatable bonds is 6. The van der Waals surface area contributed by atoms with Crippen LogP contribution in [-0.4, -0.2) is 45.5 Å². The number of aliphatic imine (C=N–C) groups is 4. The third kappa shape index (κ3) is 3.44. The number of unbranched alkanes of at least 4 members (excludes halogenated alkanes) is 2. The lowest BCUT2D eigenvalue weighted by molar-refractivity contribution is -0.136. The molecule has 3 N–H and O–H groups in total. The highest BCUT2D eigenvalue weighted by Gasteiger charge is 2.32. The van der Waals surface area contributed by atoms with Gasteiger partial charge in [0.25, 0.3) is 0 Å². The van der Waals surface area contributed by atoms with Crippen LogP contribution in [0.15, 0.2) is 20.0 Å². The Balaban J connectivity index is 2.06. The van der Waals surface area contributed by atoms with Gasteiger partial charge in [-0.3, -0.25) is 9.79 Å². The van der Waals surface area contributed by atoms with Gasteiger partial charge in [-0.25, -0.2) is 9.98 Å². The van der Waals surface area contributed by atoms with Crippen molar-refractivity contribution in [3.63, 3.8) is 0 Å². The highest BCUT2D eigenvalue weighted by atomic mass is 32.2. The van der Waals surface area contributed by atoms with Crippen LogP contribution in [0.5, 0.6) is 0 Å². The maximum Gasteiger partial charge on any atom is 0.317 e. The molecule has 2 aliphatic rings. The Hall–Kier alpha value is -1.70. The van der Waals surface area contributed by atoms with Crippen molar-refractivity contribution in [2.45, 2.75) is 43.9 Å². The van der Waals surface area contributed by atoms with Crippen molar-refractivity contribution in [2.24, 2.45) is 25.7 Å². The van der Waals surface area contributed by atoms with Crippen molar-refractivity contribution in [2.75, 3.05) is 0 Å². The van der Waals surface area contributed by atoms with Gasteiger partial charge in [-0.05, 0) is 6.42 Å². The fourth-order valence-electron chi connectivity index (χ4n) is 1.93. The minimum Gasteiger partial charge on any atom is -0.480 e. The first-order valence-electron chi connectivity index (χ1n) is 6.53. The Bertz CT molecular complexity index is 512. The predicted octanol–water partition coefficient (Wildman–Crippen LogP) is 1.29. The van der Waals surface area contributed by atoms with Crippen LogP contribution >= 0.6 is 11.8 Å². The van der Waals surface area contributed by atoms with E-state index in [0.717, 1.165) is 19.3 Å². The van der Waals surface area contributed by atoms with Gasteiger partial charge in [0.05, 0.1) is 0 Å². The van der Waals surface area contributed by atoms with Gasteiger partial charge in [0, 0.05) is 0 Å². The van der Waals surface area contributed by atoms with Crippen molar-refractivity contribution in [3.05, 3.63) is 0 Å². The van der Waals surface area contributed by atoms with Crippen molar-refractivity contribution in [1.29, 1.82) is 0 Å². The van der Waals surface area contributed by atoms with Gasteiger partial charge in [-0.1, -0.05) is 37.9 Å². The fourth-order valence-corrected chi connectivity index (χ4v) is 3.04. The number of guanidine groups is 1. The molecule has 2 unspecified atom stereocenters. The van der Waals surface area contributed by atoms with Crippen molar-refractivity contribution in [3.8, 4) is 0 Å². The Kier molecular flexibility index (Phi) is 4.89. The SMILES string of the molecule is CCCCCC(SC1=NC(N)=NC2=NC=NC21)C(=O)O. The van der Waals surface area contributed by atoms with E-state index in [1.807, 2.05) is 0 Å². The Morgan fingerprint density at radius 3 is 3.00 bits per heavy atom. The Morgan fingerprint density at radius 1 is 1.50 bits per heavy atom. The molecule has 2 rings (SSSR count). The number of thioether (sulfide) groups is 1. The molecule has 0 aromatic carbocycles. The normalized spacial score (nSPS) is 21.9. The molecule has 0 radical (unpaired) electrons. The summed E-state index contributed by atoms with van der Waals surface area (Å²) in [6.45, 7) is 2.08. The van der Waals surface area contributed by atoms with Crippen molar-refractivity contribution < 1.29 is 9.90 Å². The summed E-state index contributed by atoms with van der Waals surface area (Å²) in [5.41, 5.74) is 5.62. The van der Waals surface area contributed by atoms with Gasteiger partial charge in [-0.2, -0.15) is 4.99 Å². The second kappa shape index (κ2) is 6.65. The van der Waals surface area contributed by atoms with Gasteiger partial charge in [0.2, 0.25) is 5.96 Å². The van der Waals surface area contributed by atoms with E-state index >= 15 is 0 Å². The summed E-state index contributed by atoms with van der Waals surface area (Å²) in [5.74, 6) is -0.251. The zero-order valence-corrected chi connectivity index (χ0v) is 12.0. The zero-order valence-electron chi connectivity index (χ0n) is 11.2. The molecule has 0 fully saturated rings. The monoisotopic (exact) mass is 295 g/mol. The number of amidine groups is 1. The van der Waals surface area contributed by atoms with E-state index in [2.05, 4.69) is 26.9 Å². The van der Waals surface area contributed by atoms with Crippen LogP contribution in [0.1, 0.15) is 32.6 Å². The van der Waals surface area contributed by atoms with E-state index in [9.17, 15) is 9.90 Å². The fraction of sp³-hybridized carbons (Fsp3) is 0.583. The van der Waals surface area contributed by atoms with Crippen LogP contribution in [0.2, 0.25) is 0 Å². The summed E-state index contributed by atoms with van der Waals surface area (Å²) in [5, 5.41) is 9.33. The number of fused-ring (bicyclic) bond motifs is 1. The number of aliphatic carboxylic acids is 1. The molecule has 0 aromatic rings. The summed E-state index contributed by atoms with van der Waals surface area (Å²) >= 11 is 1.20. The summed E-state index contributed by atoms with van der Waals surface area (Å²) in [4.78, 5) is 27.6. The van der Waals surface area contributed by atoms with Crippen molar-refractivity contribution in [1.82, 2.24) is 0 Å². The highest BCUT2D eigenvalue weighted by molar-refractivity contribution is 8.15. The zero-order chi connectivity index (χ0) is 14.5. The van der Waals surface area contributed by atoms with E-state index in [-0.39, 0.29) is 12.0 Å². The molecule has 0 saturated heterocycles. The predicted molar refractivity (Wildman–Crippen MR) is 81.9 cm³/mol. The molecule has 2 atom stereocenters. The quantitative estimate of drug-likeness (QED) is 0.719. The van der Waals surface area contributed by atoms with Crippen LogP contribution in [0.25, 0.3) is 0 Å². The number of hydrogen-bond donors (Lipinski definition) is 2. The highest BCUT2D eigenvalue weighted by Crippen LogP contribution is 2.26. The van der Waals surface area contributed by atoms with E-state index in [4.69, 9.17) is 5.73 Å². The average Bonchev–Trinajstić information content (AvgIpc) is 2.85. The smallest absolute Gasteiger partial charge is 0.317 e. The van der Waals surface area contributed by atoms with Gasteiger partial charge < -0.3 is 10.8 Å². The maximum atomic E-state index is 11.3. The number of carboxylic acid groups (broad SMARTS) is 1. The van der Waals surface area contributed by atoms with Crippen LogP contribution in [0.4, 0.5) is 0 Å². The molecule has 0 aliphatic carbocycles. The molecule has 0 bridgehead atoms. The molecule has 7 nitrogen and oxygen atoms in total. The molecular weight excluding hydrogens is 278 g/mol. The molecule has 108 valence electrons. The number of carboxylic acids is 1. The van der Waals surface area contributed by atoms with Gasteiger partial charge in [0.15, 0.2) is 11.9 Å². The standard InChI is InChI=1S/C12H17N5O2S/c1-2-3-4-5-7(11(18)19)20-10-8-9(15-6-14-8)16-12(13)17-10/h6-8H,2-5H2,1H3,(H,18,19)(H2,13,14,15,16). The first-order chi connectivity index (χ1) is 9.61. The van der Waals surface area contributed by atoms with E-state index < -0.39 is 11.2 Å². The first-order valence-corrected chi connectivity index (χ1v) is 7.41. The molecular formula is C12H17N5O2S. The Morgan fingerprint density at radius 2 is 2.30 bits per heavy atom. The van der Waals surface area contributed by atoms with Gasteiger partial charge in [0.1, 0.15) is 16.6 Å². The summed E-state index contributed by atoms with van der Waals surface area (Å²) in [6.07, 6.45) is 4.97. The molecule has 0 spiro atoms. The summed E-state index contributed by atoms with van der Waals surface area (Å²) < 4.78 is 0. The maximum absolute atomic E-state index is 11.3. The topological polar surface area (TPSA) is 113 Å². The first kappa shape index (κ1) is 14.7. The summed E-state index contributed by atoms with van der Waals surface area (Å²) in [6, 6.07) is -0.389. The average molecular weight is 295 g/mol. The number of hydrogen-bond acceptors (Lipinski definition) is 7. The largest absolute Gasteiger partial charge is 0.480 e. The third-order valence-electron chi connectivity index (χ3n) is 2.95. The summed E-state index contributed by atoms with van der Waals surface area (Å²) in [7, 11) is 0. The third-order valence-corrected chi connectivity index (χ3v) is 4.22. The lowest BCUT2D eigenvalue weighted by atomic mass is 10.1.